The van der Waals surface area contributed by atoms with E-state index in [0.29, 0.717) is 32.3 Å². The fourth-order valence-electron chi connectivity index (χ4n) is 2.09. The van der Waals surface area contributed by atoms with E-state index in [1.165, 1.54) is 6.92 Å². The van der Waals surface area contributed by atoms with Crippen molar-refractivity contribution < 1.29 is 38.5 Å². The van der Waals surface area contributed by atoms with Gasteiger partial charge in [-0.15, -0.1) is 0 Å². The third kappa shape index (κ3) is 29.8. The molecule has 31 heavy (non-hydrogen) atoms. The van der Waals surface area contributed by atoms with Crippen LogP contribution in [0.25, 0.3) is 0 Å². The average Bonchev–Trinajstić information content (AvgIpc) is 2.72. The number of hydrogen-bond acceptors (Lipinski definition) is 8. The van der Waals surface area contributed by atoms with Crippen molar-refractivity contribution >= 4 is 36.5 Å². The monoisotopic (exact) mass is 444 g/mol. The van der Waals surface area contributed by atoms with Crippen molar-refractivity contribution in [2.45, 2.75) is 71.1 Å². The molecule has 0 saturated heterocycles. The number of aldehydes is 3. The number of nitrogens with one attached hydrogen (secondary N) is 2. The lowest BCUT2D eigenvalue weighted by Crippen LogP contribution is -2.35. The Labute approximate surface area is 183 Å². The number of hydrogen-bond donors (Lipinski definition) is 2. The normalized spacial score (nSPS) is 9.71. The smallest absolute Gasteiger partial charge is 0.227 e. The van der Waals surface area contributed by atoms with Gasteiger partial charge in [0.25, 0.3) is 0 Å². The highest BCUT2D eigenvalue weighted by Gasteiger charge is 2.04. The predicted octanol–water partition coefficient (Wildman–Crippen LogP) is 1.24. The van der Waals surface area contributed by atoms with Gasteiger partial charge in [0.1, 0.15) is 24.6 Å². The van der Waals surface area contributed by atoms with Gasteiger partial charge in [-0.3, -0.25) is 14.4 Å². The lowest BCUT2D eigenvalue weighted by molar-refractivity contribution is -0.295. The first-order valence-corrected chi connectivity index (χ1v) is 10.6. The van der Waals surface area contributed by atoms with E-state index in [0.717, 1.165) is 51.1 Å². The topological polar surface area (TPSA) is 145 Å². The second kappa shape index (κ2) is 25.6. The number of ketones is 1. The van der Waals surface area contributed by atoms with Crippen molar-refractivity contribution in [1.29, 1.82) is 0 Å². The summed E-state index contributed by atoms with van der Waals surface area (Å²) in [5.41, 5.74) is 0. The second-order valence-corrected chi connectivity index (χ2v) is 6.63. The molecule has 0 bridgehead atoms. The van der Waals surface area contributed by atoms with E-state index < -0.39 is 0 Å². The number of Topliss-reactive ketones (excluding diaryl/α,β-unsaturated/α-hetero) is 1. The van der Waals surface area contributed by atoms with Crippen LogP contribution in [0.15, 0.2) is 0 Å². The second-order valence-electron chi connectivity index (χ2n) is 6.63. The van der Waals surface area contributed by atoms with E-state index in [1.807, 2.05) is 0 Å². The molecule has 0 fully saturated rings. The molecule has 0 spiro atoms. The molecule has 2 N–H and O–H groups in total. The van der Waals surface area contributed by atoms with Crippen LogP contribution in [-0.4, -0.2) is 62.8 Å². The Morgan fingerprint density at radius 2 is 1.16 bits per heavy atom. The van der Waals surface area contributed by atoms with Gasteiger partial charge in [0.05, 0.1) is 26.1 Å². The Balaban J connectivity index is 0. The molecule has 0 heterocycles. The lowest BCUT2D eigenvalue weighted by atomic mass is 10.2. The van der Waals surface area contributed by atoms with Crippen molar-refractivity contribution in [3.63, 3.8) is 0 Å². The molecule has 0 aliphatic heterocycles. The molecule has 0 radical (unpaired) electrons. The van der Waals surface area contributed by atoms with Crippen LogP contribution in [0.1, 0.15) is 71.1 Å². The van der Waals surface area contributed by atoms with E-state index in [1.54, 1.807) is 0 Å². The van der Waals surface area contributed by atoms with Crippen molar-refractivity contribution in [3.05, 3.63) is 0 Å². The van der Waals surface area contributed by atoms with Gasteiger partial charge in [0.15, 0.2) is 0 Å². The molecule has 0 aliphatic rings. The maximum absolute atomic E-state index is 10.9. The van der Waals surface area contributed by atoms with Gasteiger partial charge in [0.2, 0.25) is 11.8 Å². The number of carbonyl (C=O) groups excluding carboxylic acids is 6. The number of carbonyl (C=O) groups is 6. The summed E-state index contributed by atoms with van der Waals surface area (Å²) < 4.78 is 0. The summed E-state index contributed by atoms with van der Waals surface area (Å²) >= 11 is 0. The Kier molecular flexibility index (Phi) is 25.4. The van der Waals surface area contributed by atoms with Crippen LogP contribution in [0, 0.1) is 0 Å². The van der Waals surface area contributed by atoms with Crippen LogP contribution >= 0.6 is 0 Å². The summed E-state index contributed by atoms with van der Waals surface area (Å²) in [6.07, 6.45) is 9.05. The van der Waals surface area contributed by atoms with Gasteiger partial charge in [0, 0.05) is 25.9 Å². The highest BCUT2D eigenvalue weighted by atomic mass is 17.2. The van der Waals surface area contributed by atoms with Crippen LogP contribution in [0.3, 0.4) is 0 Å². The molecule has 2 amide bonds. The fourth-order valence-corrected chi connectivity index (χ4v) is 2.09. The predicted molar refractivity (Wildman–Crippen MR) is 113 cm³/mol. The summed E-state index contributed by atoms with van der Waals surface area (Å²) in [5.74, 6) is -0.963. The van der Waals surface area contributed by atoms with Crippen LogP contribution in [0.2, 0.25) is 0 Å². The van der Waals surface area contributed by atoms with Crippen molar-refractivity contribution in [1.82, 2.24) is 10.6 Å². The average molecular weight is 445 g/mol. The Morgan fingerprint density at radius 1 is 0.677 bits per heavy atom. The summed E-state index contributed by atoms with van der Waals surface area (Å²) in [4.78, 5) is 72.0. The summed E-state index contributed by atoms with van der Waals surface area (Å²) in [6.45, 7) is 3.00. The minimum atomic E-state index is -0.384. The van der Waals surface area contributed by atoms with E-state index >= 15 is 0 Å². The standard InChI is InChI=1S/C12H22O4.C9H14N2O4/c13-9-5-1-3-7-11-15-16-12-8-4-2-6-10-14;1-7(13)6-9(15)11-4-3-10-8(14)2-5-12/h9-10H,1-8,11-12H2;5H,2-4,6H2,1H3,(H,10,14)(H,11,15). The molecule has 0 aromatic rings. The highest BCUT2D eigenvalue weighted by Crippen LogP contribution is 2.00. The molecular weight excluding hydrogens is 408 g/mol. The zero-order valence-electron chi connectivity index (χ0n) is 18.4. The molecule has 0 rings (SSSR count). The van der Waals surface area contributed by atoms with Gasteiger partial charge in [-0.25, -0.2) is 9.78 Å². The van der Waals surface area contributed by atoms with Gasteiger partial charge in [-0.2, -0.15) is 0 Å². The fraction of sp³-hybridized carbons (Fsp3) is 0.714. The minimum Gasteiger partial charge on any atom is -0.354 e. The van der Waals surface area contributed by atoms with Crippen LogP contribution in [0.5, 0.6) is 0 Å². The number of amides is 2. The van der Waals surface area contributed by atoms with Crippen molar-refractivity contribution in [3.8, 4) is 0 Å². The van der Waals surface area contributed by atoms with Crippen LogP contribution < -0.4 is 10.6 Å². The molecule has 0 aliphatic carbocycles. The van der Waals surface area contributed by atoms with Crippen LogP contribution in [-0.2, 0) is 38.5 Å². The summed E-state index contributed by atoms with van der Waals surface area (Å²) in [7, 11) is 0. The third-order valence-corrected chi connectivity index (χ3v) is 3.63. The Hall–Kier alpha value is -2.46. The van der Waals surface area contributed by atoms with Crippen LogP contribution in [0.4, 0.5) is 0 Å². The molecule has 0 aromatic heterocycles. The Morgan fingerprint density at radius 3 is 1.58 bits per heavy atom. The summed E-state index contributed by atoms with van der Waals surface area (Å²) in [5, 5.41) is 4.87. The van der Waals surface area contributed by atoms with Gasteiger partial charge < -0.3 is 25.0 Å². The molecule has 0 unspecified atom stereocenters. The maximum Gasteiger partial charge on any atom is 0.227 e. The molecule has 178 valence electrons. The zero-order valence-corrected chi connectivity index (χ0v) is 18.4. The van der Waals surface area contributed by atoms with Crippen molar-refractivity contribution in [2.75, 3.05) is 26.3 Å². The van der Waals surface area contributed by atoms with Gasteiger partial charge in [-0.1, -0.05) is 12.8 Å². The first-order chi connectivity index (χ1) is 15.0. The SMILES string of the molecule is CC(=O)CC(=O)NCCNC(=O)CC=O.O=CCCCCCOOCCCCCC=O. The summed E-state index contributed by atoms with van der Waals surface area (Å²) in [6, 6.07) is 0. The lowest BCUT2D eigenvalue weighted by Gasteiger charge is -2.04. The maximum atomic E-state index is 10.9. The first-order valence-electron chi connectivity index (χ1n) is 10.6. The minimum absolute atomic E-state index is 0.151. The highest BCUT2D eigenvalue weighted by molar-refractivity contribution is 5.96. The molecule has 0 aromatic carbocycles. The van der Waals surface area contributed by atoms with Gasteiger partial charge >= 0.3 is 0 Å². The quantitative estimate of drug-likeness (QED) is 0.0938. The zero-order chi connectivity index (χ0) is 23.6. The van der Waals surface area contributed by atoms with E-state index in [9.17, 15) is 28.8 Å². The van der Waals surface area contributed by atoms with E-state index in [-0.39, 0.29) is 43.5 Å². The molecule has 10 nitrogen and oxygen atoms in total. The number of unbranched alkanes of at least 4 members (excludes halogenated alkanes) is 6. The van der Waals surface area contributed by atoms with E-state index in [2.05, 4.69) is 10.6 Å². The molecule has 0 saturated carbocycles. The van der Waals surface area contributed by atoms with Crippen molar-refractivity contribution in [2.24, 2.45) is 0 Å². The van der Waals surface area contributed by atoms with E-state index in [4.69, 9.17) is 9.78 Å². The number of rotatable bonds is 20. The largest absolute Gasteiger partial charge is 0.354 e. The third-order valence-electron chi connectivity index (χ3n) is 3.63. The molecular formula is C21H36N2O8. The molecule has 0 atom stereocenters. The first kappa shape index (κ1) is 30.7. The van der Waals surface area contributed by atoms with Gasteiger partial charge in [-0.05, 0) is 32.6 Å². The molecule has 10 heteroatoms. The Bertz CT molecular complexity index is 494.